The molecule has 0 aromatic heterocycles. The quantitative estimate of drug-likeness (QED) is 0.173. The Labute approximate surface area is 203 Å². The van der Waals surface area contributed by atoms with E-state index < -0.39 is 79.2 Å². The number of aliphatic hydroxyl groups excluding tert-OH is 4. The Morgan fingerprint density at radius 1 is 0.917 bits per heavy atom. The smallest absolute Gasteiger partial charge is 0.339 e. The van der Waals surface area contributed by atoms with Gasteiger partial charge in [-0.15, -0.1) is 0 Å². The summed E-state index contributed by atoms with van der Waals surface area (Å²) in [6.07, 6.45) is -9.00. The molecule has 7 atom stereocenters. The molecule has 2 aliphatic heterocycles. The fourth-order valence-electron chi connectivity index (χ4n) is 4.39. The summed E-state index contributed by atoms with van der Waals surface area (Å²) in [5, 5.41) is 80.3. The molecule has 0 spiro atoms. The Morgan fingerprint density at radius 3 is 2.31 bits per heavy atom. The minimum atomic E-state index is -1.71. The van der Waals surface area contributed by atoms with Gasteiger partial charge in [-0.25, -0.2) is 4.79 Å². The van der Waals surface area contributed by atoms with Crippen LogP contribution < -0.4 is 4.74 Å². The number of hydrogen-bond donors (Lipinski definition) is 8. The Balaban J connectivity index is 1.73. The second-order valence-electron chi connectivity index (χ2n) is 8.44. The van der Waals surface area contributed by atoms with Crippen LogP contribution >= 0.6 is 0 Å². The Hall–Kier alpha value is -3.33. The zero-order chi connectivity index (χ0) is 26.3. The number of carbonyl (C=O) groups excluding carboxylic acids is 1. The van der Waals surface area contributed by atoms with Crippen molar-refractivity contribution in [2.24, 2.45) is 0 Å². The second-order valence-corrected chi connectivity index (χ2v) is 8.44. The molecule has 2 aliphatic rings. The van der Waals surface area contributed by atoms with Crippen LogP contribution in [0.3, 0.4) is 0 Å². The summed E-state index contributed by atoms with van der Waals surface area (Å²) in [6, 6.07) is 5.10. The minimum Gasteiger partial charge on any atom is -0.504 e. The number of esters is 1. The van der Waals surface area contributed by atoms with Crippen LogP contribution in [-0.4, -0.2) is 104 Å². The highest BCUT2D eigenvalue weighted by Gasteiger charge is 2.46. The van der Waals surface area contributed by atoms with Gasteiger partial charge >= 0.3 is 5.97 Å². The molecule has 8 N–H and O–H groups in total. The molecule has 13 nitrogen and oxygen atoms in total. The lowest BCUT2D eigenvalue weighted by molar-refractivity contribution is -0.304. The highest BCUT2D eigenvalue weighted by atomic mass is 16.7. The molecular weight excluding hydrogens is 484 g/mol. The van der Waals surface area contributed by atoms with E-state index in [1.165, 1.54) is 25.3 Å². The molecule has 0 unspecified atom stereocenters. The predicted octanol–water partition coefficient (Wildman–Crippen LogP) is -0.995. The van der Waals surface area contributed by atoms with E-state index in [-0.39, 0.29) is 22.6 Å². The number of aromatic hydroxyl groups is 4. The fraction of sp³-hybridized carbons (Fsp3) is 0.435. The molecule has 0 aliphatic carbocycles. The number of hydrogen-bond acceptors (Lipinski definition) is 13. The molecule has 0 amide bonds. The van der Waals surface area contributed by atoms with E-state index in [4.69, 9.17) is 18.9 Å². The summed E-state index contributed by atoms with van der Waals surface area (Å²) in [6.45, 7) is -1.16. The van der Waals surface area contributed by atoms with Crippen LogP contribution in [0.25, 0.3) is 0 Å². The maximum atomic E-state index is 12.7. The fourth-order valence-corrected chi connectivity index (χ4v) is 4.39. The van der Waals surface area contributed by atoms with Gasteiger partial charge in [-0.1, -0.05) is 6.07 Å². The van der Waals surface area contributed by atoms with Crippen LogP contribution in [0.1, 0.15) is 27.4 Å². The van der Waals surface area contributed by atoms with E-state index in [2.05, 4.69) is 0 Å². The van der Waals surface area contributed by atoms with Crippen LogP contribution in [0.5, 0.6) is 28.7 Å². The molecule has 196 valence electrons. The molecule has 1 saturated heterocycles. The number of benzene rings is 2. The van der Waals surface area contributed by atoms with Gasteiger partial charge in [-0.2, -0.15) is 0 Å². The zero-order valence-corrected chi connectivity index (χ0v) is 18.9. The van der Waals surface area contributed by atoms with Crippen molar-refractivity contribution in [3.8, 4) is 28.7 Å². The molecular formula is C23H26O13. The highest BCUT2D eigenvalue weighted by molar-refractivity contribution is 5.95. The maximum absolute atomic E-state index is 12.7. The number of aliphatic hydroxyl groups is 4. The molecule has 1 fully saturated rings. The number of carbonyl (C=O) groups is 1. The Morgan fingerprint density at radius 2 is 1.64 bits per heavy atom. The van der Waals surface area contributed by atoms with Gasteiger partial charge < -0.3 is 59.8 Å². The summed E-state index contributed by atoms with van der Waals surface area (Å²) >= 11 is 0. The Kier molecular flexibility index (Phi) is 7.13. The summed E-state index contributed by atoms with van der Waals surface area (Å²) in [5.74, 6) is -4.53. The lowest BCUT2D eigenvalue weighted by atomic mass is 9.81. The van der Waals surface area contributed by atoms with Gasteiger partial charge in [0.25, 0.3) is 0 Å². The predicted molar refractivity (Wildman–Crippen MR) is 117 cm³/mol. The monoisotopic (exact) mass is 510 g/mol. The van der Waals surface area contributed by atoms with Crippen molar-refractivity contribution in [3.05, 3.63) is 41.0 Å². The molecule has 0 radical (unpaired) electrons. The number of rotatable bonds is 6. The molecule has 0 bridgehead atoms. The third-order valence-electron chi connectivity index (χ3n) is 6.29. The maximum Gasteiger partial charge on any atom is 0.339 e. The van der Waals surface area contributed by atoms with Gasteiger partial charge in [-0.05, 0) is 23.8 Å². The first-order valence-electron chi connectivity index (χ1n) is 10.9. The average molecular weight is 510 g/mol. The molecule has 2 heterocycles. The number of phenolic OH excluding ortho intramolecular Hbond substituents is 4. The van der Waals surface area contributed by atoms with E-state index in [0.717, 1.165) is 6.07 Å². The molecule has 2 aromatic carbocycles. The minimum absolute atomic E-state index is 0.0574. The first-order valence-corrected chi connectivity index (χ1v) is 10.9. The van der Waals surface area contributed by atoms with Crippen LogP contribution in [0.15, 0.2) is 24.3 Å². The van der Waals surface area contributed by atoms with E-state index in [1.54, 1.807) is 0 Å². The molecule has 4 rings (SSSR count). The van der Waals surface area contributed by atoms with Crippen molar-refractivity contribution in [1.82, 2.24) is 0 Å². The first kappa shape index (κ1) is 25.8. The van der Waals surface area contributed by atoms with Crippen LogP contribution in [0.2, 0.25) is 0 Å². The van der Waals surface area contributed by atoms with Crippen molar-refractivity contribution in [3.63, 3.8) is 0 Å². The van der Waals surface area contributed by atoms with Crippen LogP contribution in [0, 0.1) is 0 Å². The van der Waals surface area contributed by atoms with E-state index >= 15 is 0 Å². The molecule has 0 saturated carbocycles. The van der Waals surface area contributed by atoms with Crippen molar-refractivity contribution >= 4 is 5.97 Å². The zero-order valence-electron chi connectivity index (χ0n) is 18.9. The van der Waals surface area contributed by atoms with Crippen molar-refractivity contribution in [1.29, 1.82) is 0 Å². The van der Waals surface area contributed by atoms with Gasteiger partial charge in [0, 0.05) is 5.56 Å². The third kappa shape index (κ3) is 4.36. The van der Waals surface area contributed by atoms with Gasteiger partial charge in [-0.3, -0.25) is 0 Å². The molecule has 36 heavy (non-hydrogen) atoms. The average Bonchev–Trinajstić information content (AvgIpc) is 2.86. The van der Waals surface area contributed by atoms with Crippen molar-refractivity contribution < 1.29 is 64.6 Å². The second kappa shape index (κ2) is 9.97. The summed E-state index contributed by atoms with van der Waals surface area (Å²) in [5.41, 5.74) is 0.0156. The number of fused-ring (bicyclic) bond motifs is 1. The van der Waals surface area contributed by atoms with E-state index in [9.17, 15) is 45.6 Å². The van der Waals surface area contributed by atoms with Gasteiger partial charge in [0.05, 0.1) is 31.8 Å². The van der Waals surface area contributed by atoms with E-state index in [0.29, 0.717) is 5.56 Å². The SMILES string of the molecule is COc1cc([C@@H]2c3c(cc(O)c(O)c3O)C(=O)O[C@H]2CO[C@@H]2O[C@H](CO)[C@@H](O)[C@H](O)[C@H]2O)ccc1O. The van der Waals surface area contributed by atoms with Crippen LogP contribution in [-0.2, 0) is 14.2 Å². The van der Waals surface area contributed by atoms with E-state index in [1.807, 2.05) is 0 Å². The standard InChI is InChI=1S/C23H26O13/c1-33-12-4-8(2-3-10(12)25)15-14(7-34-23-21(31)20(30)18(28)13(6-24)36-23)35-22(32)9-5-11(26)17(27)19(29)16(9)15/h2-5,13-15,18,20-21,23-31H,6-7H2,1H3/t13-,14+,15+,18-,20+,21-,23-/m1/s1. The molecule has 13 heteroatoms. The van der Waals surface area contributed by atoms with Crippen molar-refractivity contribution in [2.75, 3.05) is 20.3 Å². The van der Waals surface area contributed by atoms with Gasteiger partial charge in [0.2, 0.25) is 5.75 Å². The summed E-state index contributed by atoms with van der Waals surface area (Å²) < 4.78 is 21.5. The number of cyclic esters (lactones) is 1. The first-order chi connectivity index (χ1) is 17.1. The lowest BCUT2D eigenvalue weighted by Gasteiger charge is -2.40. The number of methoxy groups -OCH3 is 1. The summed E-state index contributed by atoms with van der Waals surface area (Å²) in [4.78, 5) is 12.7. The van der Waals surface area contributed by atoms with Gasteiger partial charge in [0.15, 0.2) is 29.3 Å². The lowest BCUT2D eigenvalue weighted by Crippen LogP contribution is -2.59. The molecule has 2 aromatic rings. The Bertz CT molecular complexity index is 1130. The topological polar surface area (TPSA) is 216 Å². The normalized spacial score (nSPS) is 29.9. The largest absolute Gasteiger partial charge is 0.504 e. The number of phenols is 4. The highest BCUT2D eigenvalue weighted by Crippen LogP contribution is 2.49. The third-order valence-corrected chi connectivity index (χ3v) is 6.29. The number of ether oxygens (including phenoxy) is 4. The van der Waals surface area contributed by atoms with Crippen molar-refractivity contribution in [2.45, 2.75) is 42.7 Å². The van der Waals surface area contributed by atoms with Gasteiger partial charge in [0.1, 0.15) is 30.5 Å². The van der Waals surface area contributed by atoms with Crippen LogP contribution in [0.4, 0.5) is 0 Å². The summed E-state index contributed by atoms with van der Waals surface area (Å²) in [7, 11) is 1.31.